The van der Waals surface area contributed by atoms with E-state index in [1.54, 1.807) is 0 Å². The van der Waals surface area contributed by atoms with Crippen LogP contribution in [0.4, 0.5) is 0 Å². The number of benzene rings is 1. The van der Waals surface area contributed by atoms with Crippen LogP contribution in [0.2, 0.25) is 0 Å². The van der Waals surface area contributed by atoms with Gasteiger partial charge < -0.3 is 5.73 Å². The van der Waals surface area contributed by atoms with E-state index in [0.29, 0.717) is 0 Å². The molecule has 0 saturated heterocycles. The molecule has 1 nitrogen and oxygen atoms in total. The van der Waals surface area contributed by atoms with Crippen molar-refractivity contribution in [2.24, 2.45) is 5.73 Å². The second-order valence-electron chi connectivity index (χ2n) is 1.86. The molecular weight excluding hydrogens is 130 g/mol. The topological polar surface area (TPSA) is 26.0 Å². The lowest BCUT2D eigenvalue weighted by Crippen LogP contribution is -2.00. The molecule has 0 aliphatic rings. The van der Waals surface area contributed by atoms with Crippen molar-refractivity contribution in [1.29, 1.82) is 0 Å². The van der Waals surface area contributed by atoms with Gasteiger partial charge in [0.05, 0.1) is 5.37 Å². The van der Waals surface area contributed by atoms with Crippen LogP contribution in [0.15, 0.2) is 30.3 Å². The van der Waals surface area contributed by atoms with Gasteiger partial charge in [0, 0.05) is 0 Å². The first-order chi connectivity index (χ1) is 4.30. The molecular formula is C7H9NS. The fourth-order valence-electron chi connectivity index (χ4n) is 0.650. The SMILES string of the molecule is N[C@H](S)c1ccccc1. The van der Waals surface area contributed by atoms with Crippen LogP contribution in [0, 0.1) is 0 Å². The highest BCUT2D eigenvalue weighted by atomic mass is 32.1. The summed E-state index contributed by atoms with van der Waals surface area (Å²) in [7, 11) is 0. The Morgan fingerprint density at radius 1 is 1.22 bits per heavy atom. The molecule has 0 saturated carbocycles. The predicted molar refractivity (Wildman–Crippen MR) is 42.4 cm³/mol. The molecule has 0 bridgehead atoms. The zero-order valence-electron chi connectivity index (χ0n) is 4.99. The third-order valence-electron chi connectivity index (χ3n) is 1.14. The van der Waals surface area contributed by atoms with Gasteiger partial charge in [0.15, 0.2) is 0 Å². The summed E-state index contributed by atoms with van der Waals surface area (Å²) in [6.07, 6.45) is 0. The number of nitrogens with two attached hydrogens (primary N) is 1. The van der Waals surface area contributed by atoms with Gasteiger partial charge in [-0.2, -0.15) is 12.6 Å². The van der Waals surface area contributed by atoms with Crippen molar-refractivity contribution in [2.75, 3.05) is 0 Å². The van der Waals surface area contributed by atoms with Crippen LogP contribution in [-0.2, 0) is 0 Å². The van der Waals surface area contributed by atoms with Gasteiger partial charge in [-0.15, -0.1) is 0 Å². The Morgan fingerprint density at radius 3 is 2.11 bits per heavy atom. The van der Waals surface area contributed by atoms with Crippen molar-refractivity contribution >= 4 is 12.6 Å². The molecule has 0 aliphatic heterocycles. The van der Waals surface area contributed by atoms with E-state index in [0.717, 1.165) is 5.56 Å². The normalized spacial score (nSPS) is 13.1. The smallest absolute Gasteiger partial charge is 0.0734 e. The summed E-state index contributed by atoms with van der Waals surface area (Å²) >= 11 is 4.07. The molecule has 0 unspecified atom stereocenters. The monoisotopic (exact) mass is 139 g/mol. The van der Waals surface area contributed by atoms with Crippen molar-refractivity contribution in [1.82, 2.24) is 0 Å². The molecule has 1 aromatic carbocycles. The fourth-order valence-corrected chi connectivity index (χ4v) is 0.822. The Labute approximate surface area is 60.3 Å². The quantitative estimate of drug-likeness (QED) is 0.448. The highest BCUT2D eigenvalue weighted by Gasteiger charge is 1.94. The fraction of sp³-hybridized carbons (Fsp3) is 0.143. The summed E-state index contributed by atoms with van der Waals surface area (Å²) in [4.78, 5) is 0. The van der Waals surface area contributed by atoms with Gasteiger partial charge in [-0.1, -0.05) is 30.3 Å². The average Bonchev–Trinajstić information content (AvgIpc) is 1.90. The van der Waals surface area contributed by atoms with Crippen LogP contribution in [0.1, 0.15) is 10.9 Å². The molecule has 0 spiro atoms. The van der Waals surface area contributed by atoms with E-state index in [2.05, 4.69) is 12.6 Å². The van der Waals surface area contributed by atoms with Gasteiger partial charge in [0.2, 0.25) is 0 Å². The van der Waals surface area contributed by atoms with Gasteiger partial charge in [-0.3, -0.25) is 0 Å². The van der Waals surface area contributed by atoms with E-state index < -0.39 is 0 Å². The maximum atomic E-state index is 5.48. The van der Waals surface area contributed by atoms with Crippen LogP contribution < -0.4 is 5.73 Å². The zero-order valence-corrected chi connectivity index (χ0v) is 5.88. The van der Waals surface area contributed by atoms with Gasteiger partial charge >= 0.3 is 0 Å². The van der Waals surface area contributed by atoms with Crippen molar-refractivity contribution in [2.45, 2.75) is 5.37 Å². The Morgan fingerprint density at radius 2 is 1.78 bits per heavy atom. The van der Waals surface area contributed by atoms with Gasteiger partial charge in [-0.05, 0) is 5.56 Å². The molecule has 0 aromatic heterocycles. The Balaban J connectivity index is 2.85. The van der Waals surface area contributed by atoms with E-state index in [1.807, 2.05) is 30.3 Å². The maximum absolute atomic E-state index is 5.48. The summed E-state index contributed by atoms with van der Waals surface area (Å²) in [5.41, 5.74) is 6.53. The molecule has 0 fully saturated rings. The maximum Gasteiger partial charge on any atom is 0.0734 e. The van der Waals surface area contributed by atoms with Crippen LogP contribution in [0.3, 0.4) is 0 Å². The zero-order chi connectivity index (χ0) is 6.69. The molecule has 2 N–H and O–H groups in total. The van der Waals surface area contributed by atoms with Crippen LogP contribution in [-0.4, -0.2) is 0 Å². The predicted octanol–water partition coefficient (Wildman–Crippen LogP) is 1.57. The molecule has 0 radical (unpaired) electrons. The lowest BCUT2D eigenvalue weighted by atomic mass is 10.2. The average molecular weight is 139 g/mol. The Kier molecular flexibility index (Phi) is 2.14. The van der Waals surface area contributed by atoms with Gasteiger partial charge in [0.1, 0.15) is 0 Å². The molecule has 48 valence electrons. The molecule has 1 rings (SSSR count). The lowest BCUT2D eigenvalue weighted by Gasteiger charge is -2.01. The van der Waals surface area contributed by atoms with Crippen molar-refractivity contribution in [3.05, 3.63) is 35.9 Å². The molecule has 0 aliphatic carbocycles. The Hall–Kier alpha value is -0.470. The van der Waals surface area contributed by atoms with E-state index in [4.69, 9.17) is 5.73 Å². The van der Waals surface area contributed by atoms with Gasteiger partial charge in [-0.25, -0.2) is 0 Å². The minimum absolute atomic E-state index is 0.147. The van der Waals surface area contributed by atoms with E-state index in [9.17, 15) is 0 Å². The minimum Gasteiger partial charge on any atom is -0.316 e. The van der Waals surface area contributed by atoms with Crippen molar-refractivity contribution in [3.8, 4) is 0 Å². The Bertz CT molecular complexity index is 172. The van der Waals surface area contributed by atoms with Crippen LogP contribution in [0.5, 0.6) is 0 Å². The summed E-state index contributed by atoms with van der Waals surface area (Å²) in [6, 6.07) is 9.77. The molecule has 2 heteroatoms. The summed E-state index contributed by atoms with van der Waals surface area (Å²) in [5, 5.41) is -0.147. The van der Waals surface area contributed by atoms with Crippen molar-refractivity contribution < 1.29 is 0 Å². The summed E-state index contributed by atoms with van der Waals surface area (Å²) < 4.78 is 0. The van der Waals surface area contributed by atoms with E-state index >= 15 is 0 Å². The second-order valence-corrected chi connectivity index (χ2v) is 2.41. The number of hydrogen-bond acceptors (Lipinski definition) is 2. The lowest BCUT2D eigenvalue weighted by molar-refractivity contribution is 1.04. The first kappa shape index (κ1) is 6.65. The third kappa shape index (κ3) is 1.73. The third-order valence-corrected chi connectivity index (χ3v) is 1.44. The summed E-state index contributed by atoms with van der Waals surface area (Å²) in [5.74, 6) is 0. The van der Waals surface area contributed by atoms with E-state index in [-0.39, 0.29) is 5.37 Å². The number of rotatable bonds is 1. The molecule has 1 aromatic rings. The van der Waals surface area contributed by atoms with Crippen LogP contribution in [0.25, 0.3) is 0 Å². The van der Waals surface area contributed by atoms with Crippen LogP contribution >= 0.6 is 12.6 Å². The standard InChI is InChI=1S/C7H9NS/c8-7(9)6-4-2-1-3-5-6/h1-5,7,9H,8H2/t7-/m1/s1. The largest absolute Gasteiger partial charge is 0.316 e. The molecule has 1 atom stereocenters. The highest BCUT2D eigenvalue weighted by Crippen LogP contribution is 2.11. The first-order valence-corrected chi connectivity index (χ1v) is 3.31. The minimum atomic E-state index is -0.147. The molecule has 0 amide bonds. The van der Waals surface area contributed by atoms with E-state index in [1.165, 1.54) is 0 Å². The second kappa shape index (κ2) is 2.90. The number of hydrogen-bond donors (Lipinski definition) is 2. The highest BCUT2D eigenvalue weighted by molar-refractivity contribution is 7.80. The molecule has 9 heavy (non-hydrogen) atoms. The van der Waals surface area contributed by atoms with Crippen molar-refractivity contribution in [3.63, 3.8) is 0 Å². The number of thiol groups is 1. The van der Waals surface area contributed by atoms with Gasteiger partial charge in [0.25, 0.3) is 0 Å². The summed E-state index contributed by atoms with van der Waals surface area (Å²) in [6.45, 7) is 0. The molecule has 0 heterocycles. The first-order valence-electron chi connectivity index (χ1n) is 2.79.